The van der Waals surface area contributed by atoms with Gasteiger partial charge in [-0.3, -0.25) is 0 Å². The molecule has 0 saturated heterocycles. The molecule has 17 heavy (non-hydrogen) atoms. The van der Waals surface area contributed by atoms with Gasteiger partial charge in [-0.1, -0.05) is 33.0 Å². The lowest BCUT2D eigenvalue weighted by Gasteiger charge is -2.26. The number of rotatable bonds is 2. The molecule has 1 rings (SSSR count). The lowest BCUT2D eigenvalue weighted by molar-refractivity contribution is 0.0110. The monoisotopic (exact) mass is 318 g/mol. The molecule has 0 unspecified atom stereocenters. The van der Waals surface area contributed by atoms with Crippen molar-refractivity contribution in [2.45, 2.75) is 45.6 Å². The maximum absolute atomic E-state index is 5.43. The van der Waals surface area contributed by atoms with Crippen molar-refractivity contribution >= 4 is 28.1 Å². The molecule has 96 valence electrons. The summed E-state index contributed by atoms with van der Waals surface area (Å²) in [5.41, 5.74) is 0.528. The lowest BCUT2D eigenvalue weighted by atomic mass is 9.91. The summed E-state index contributed by atoms with van der Waals surface area (Å²) in [5.74, 6) is 0.748. The summed E-state index contributed by atoms with van der Waals surface area (Å²) in [4.78, 5) is 7.71. The number of H-pyrrole nitrogens is 1. The van der Waals surface area contributed by atoms with Gasteiger partial charge in [-0.25, -0.2) is 4.98 Å². The highest BCUT2D eigenvalue weighted by atomic mass is 79.9. The van der Waals surface area contributed by atoms with Crippen LogP contribution in [0.2, 0.25) is 0 Å². The predicted octanol–water partition coefficient (Wildman–Crippen LogP) is 4.08. The first-order valence-electron chi connectivity index (χ1n) is 5.45. The van der Waals surface area contributed by atoms with Gasteiger partial charge in [0.05, 0.1) is 4.47 Å². The molecule has 0 aromatic carbocycles. The number of aromatic amines is 1. The molecule has 1 heterocycles. The number of hydrogen-bond acceptors (Lipinski definition) is 3. The van der Waals surface area contributed by atoms with Gasteiger partial charge in [0.2, 0.25) is 0 Å². The van der Waals surface area contributed by atoms with Crippen LogP contribution < -0.4 is 0 Å². The van der Waals surface area contributed by atoms with Crippen molar-refractivity contribution in [2.75, 3.05) is 7.11 Å². The van der Waals surface area contributed by atoms with Gasteiger partial charge >= 0.3 is 0 Å². The zero-order chi connectivity index (χ0) is 13.4. The Morgan fingerprint density at radius 1 is 1.24 bits per heavy atom. The molecule has 0 atom stereocenters. The van der Waals surface area contributed by atoms with Gasteiger partial charge in [0.15, 0.2) is 0 Å². The Morgan fingerprint density at radius 2 is 1.76 bits per heavy atom. The third-order valence-electron chi connectivity index (χ3n) is 2.69. The van der Waals surface area contributed by atoms with E-state index in [9.17, 15) is 0 Å². The summed E-state index contributed by atoms with van der Waals surface area (Å²) in [6.45, 7) is 10.3. The molecule has 0 radical (unpaired) electrons. The van der Waals surface area contributed by atoms with Crippen LogP contribution in [0.5, 0.6) is 0 Å². The van der Waals surface area contributed by atoms with Gasteiger partial charge in [0, 0.05) is 18.2 Å². The highest BCUT2D eigenvalue weighted by molar-refractivity contribution is 9.10. The van der Waals surface area contributed by atoms with E-state index < -0.39 is 5.60 Å². The minimum Gasteiger partial charge on any atom is -0.371 e. The van der Waals surface area contributed by atoms with Crippen molar-refractivity contribution in [3.63, 3.8) is 0 Å². The second-order valence-electron chi connectivity index (χ2n) is 5.54. The number of hydrogen-bond donors (Lipinski definition) is 1. The summed E-state index contributed by atoms with van der Waals surface area (Å²) in [6, 6.07) is 0. The van der Waals surface area contributed by atoms with Crippen LogP contribution in [-0.2, 0) is 15.8 Å². The Kier molecular flexibility index (Phi) is 4.16. The largest absolute Gasteiger partial charge is 0.371 e. The van der Waals surface area contributed by atoms with Crippen molar-refractivity contribution < 1.29 is 4.74 Å². The van der Waals surface area contributed by atoms with E-state index in [1.807, 2.05) is 13.8 Å². The number of nitrogens with one attached hydrogen (secondary N) is 1. The predicted molar refractivity (Wildman–Crippen MR) is 75.9 cm³/mol. The lowest BCUT2D eigenvalue weighted by Crippen LogP contribution is -2.26. The van der Waals surface area contributed by atoms with Crippen molar-refractivity contribution in [2.24, 2.45) is 0 Å². The number of methoxy groups -OCH3 is 1. The van der Waals surface area contributed by atoms with Gasteiger partial charge in [-0.05, 0) is 29.8 Å². The summed E-state index contributed by atoms with van der Waals surface area (Å²) >= 11 is 8.78. The Balaban J connectivity index is 3.51. The van der Waals surface area contributed by atoms with Gasteiger partial charge in [-0.2, -0.15) is 0 Å². The van der Waals surface area contributed by atoms with Crippen LogP contribution in [-0.4, -0.2) is 17.1 Å². The van der Waals surface area contributed by atoms with Gasteiger partial charge < -0.3 is 9.72 Å². The van der Waals surface area contributed by atoms with Crippen LogP contribution in [0.15, 0.2) is 4.47 Å². The van der Waals surface area contributed by atoms with Crippen molar-refractivity contribution in [3.05, 3.63) is 20.6 Å². The average molecular weight is 319 g/mol. The van der Waals surface area contributed by atoms with Crippen LogP contribution in [0, 0.1) is 4.64 Å². The molecule has 0 fully saturated rings. The summed E-state index contributed by atoms with van der Waals surface area (Å²) in [5, 5.41) is 0. The van der Waals surface area contributed by atoms with Gasteiger partial charge in [0.25, 0.3) is 0 Å². The van der Waals surface area contributed by atoms with Gasteiger partial charge in [-0.15, -0.1) is 0 Å². The fourth-order valence-electron chi connectivity index (χ4n) is 1.36. The van der Waals surface area contributed by atoms with E-state index in [-0.39, 0.29) is 5.41 Å². The second kappa shape index (κ2) is 4.78. The van der Waals surface area contributed by atoms with Gasteiger partial charge in [0.1, 0.15) is 16.1 Å². The molecule has 0 aliphatic heterocycles. The number of ether oxygens (including phenoxy) is 1. The first kappa shape index (κ1) is 14.8. The Bertz CT molecular complexity index is 474. The highest BCUT2D eigenvalue weighted by Crippen LogP contribution is 2.30. The van der Waals surface area contributed by atoms with E-state index in [0.717, 1.165) is 16.0 Å². The summed E-state index contributed by atoms with van der Waals surface area (Å²) < 4.78 is 6.85. The van der Waals surface area contributed by atoms with Crippen molar-refractivity contribution in [3.8, 4) is 0 Å². The molecule has 1 N–H and O–H groups in total. The summed E-state index contributed by atoms with van der Waals surface area (Å²) in [7, 11) is 1.66. The number of halogens is 1. The minimum absolute atomic E-state index is 0.0338. The zero-order valence-electron chi connectivity index (χ0n) is 11.1. The highest BCUT2D eigenvalue weighted by Gasteiger charge is 2.27. The molecule has 0 aliphatic carbocycles. The maximum atomic E-state index is 5.43. The van der Waals surface area contributed by atoms with Crippen LogP contribution in [0.3, 0.4) is 0 Å². The third-order valence-corrected chi connectivity index (χ3v) is 4.02. The molecule has 1 aromatic heterocycles. The smallest absolute Gasteiger partial charge is 0.144 e. The molecule has 3 nitrogen and oxygen atoms in total. The average Bonchev–Trinajstić information content (AvgIpc) is 2.19. The van der Waals surface area contributed by atoms with Crippen LogP contribution in [0.25, 0.3) is 0 Å². The second-order valence-corrected chi connectivity index (χ2v) is 6.72. The molecule has 0 aliphatic rings. The van der Waals surface area contributed by atoms with Crippen LogP contribution >= 0.6 is 28.1 Å². The van der Waals surface area contributed by atoms with Crippen molar-refractivity contribution in [1.82, 2.24) is 9.97 Å². The molecular formula is C12H19BrN2OS. The molecule has 0 spiro atoms. The quantitative estimate of drug-likeness (QED) is 0.835. The first-order valence-corrected chi connectivity index (χ1v) is 6.65. The van der Waals surface area contributed by atoms with E-state index in [0.29, 0.717) is 4.64 Å². The molecule has 0 amide bonds. The normalized spacial score (nSPS) is 12.9. The molecule has 0 saturated carbocycles. The van der Waals surface area contributed by atoms with E-state index in [4.69, 9.17) is 17.0 Å². The van der Waals surface area contributed by atoms with Crippen molar-refractivity contribution in [1.29, 1.82) is 0 Å². The Hall–Kier alpha value is -0.260. The third kappa shape index (κ3) is 3.14. The Labute approximate surface area is 116 Å². The minimum atomic E-state index is -0.478. The standard InChI is InChI=1S/C12H19BrN2OS/c1-11(2,3)8-7(13)9(17)15-10(14-8)12(4,5)16-6/h1-6H3,(H,14,15,17). The topological polar surface area (TPSA) is 37.9 Å². The first-order chi connectivity index (χ1) is 7.59. The number of aromatic nitrogens is 2. The molecular weight excluding hydrogens is 300 g/mol. The fraction of sp³-hybridized carbons (Fsp3) is 0.667. The summed E-state index contributed by atoms with van der Waals surface area (Å²) in [6.07, 6.45) is 0. The SMILES string of the molecule is COC(C)(C)c1nc(=S)c(Br)c(C(C)(C)C)[nH]1. The molecule has 5 heteroatoms. The van der Waals surface area contributed by atoms with E-state index in [1.54, 1.807) is 7.11 Å². The zero-order valence-corrected chi connectivity index (χ0v) is 13.5. The van der Waals surface area contributed by atoms with E-state index in [1.165, 1.54) is 0 Å². The molecule has 0 bridgehead atoms. The van der Waals surface area contributed by atoms with Crippen LogP contribution in [0.4, 0.5) is 0 Å². The van der Waals surface area contributed by atoms with E-state index in [2.05, 4.69) is 46.7 Å². The van der Waals surface area contributed by atoms with Crippen LogP contribution in [0.1, 0.15) is 46.1 Å². The Morgan fingerprint density at radius 3 is 2.18 bits per heavy atom. The maximum Gasteiger partial charge on any atom is 0.144 e. The van der Waals surface area contributed by atoms with E-state index >= 15 is 0 Å². The number of nitrogens with zero attached hydrogens (tertiary/aromatic N) is 1. The molecule has 1 aromatic rings. The fourth-order valence-corrected chi connectivity index (χ4v) is 2.33.